The molecule has 0 aromatic heterocycles. The van der Waals surface area contributed by atoms with Crippen LogP contribution in [-0.2, 0) is 17.3 Å². The van der Waals surface area contributed by atoms with Gasteiger partial charge in [-0.05, 0) is 148 Å². The summed E-state index contributed by atoms with van der Waals surface area (Å²) in [7, 11) is 0. The van der Waals surface area contributed by atoms with Crippen molar-refractivity contribution in [2.75, 3.05) is 9.80 Å². The van der Waals surface area contributed by atoms with E-state index in [-0.39, 0.29) is 10.8 Å². The Morgan fingerprint density at radius 1 is 0.433 bits per heavy atom. The van der Waals surface area contributed by atoms with E-state index < -0.39 is 0 Å². The van der Waals surface area contributed by atoms with Gasteiger partial charge in [-0.25, -0.2) is 0 Å². The largest absolute Gasteiger partial charge is 0.310 e. The van der Waals surface area contributed by atoms with E-state index in [4.69, 9.17) is 0 Å². The number of allylic oxidation sites excluding steroid dienone is 4. The third kappa shape index (κ3) is 6.25. The molecule has 0 heterocycles. The molecule has 2 aliphatic rings. The third-order valence-corrected chi connectivity index (χ3v) is 13.1. The fourth-order valence-corrected chi connectivity index (χ4v) is 10.2. The molecule has 0 saturated heterocycles. The van der Waals surface area contributed by atoms with Crippen molar-refractivity contribution in [2.24, 2.45) is 0 Å². The van der Waals surface area contributed by atoms with Gasteiger partial charge in [0.15, 0.2) is 0 Å². The van der Waals surface area contributed by atoms with E-state index in [0.29, 0.717) is 0 Å². The number of hydrogen-bond donors (Lipinski definition) is 0. The molecule has 0 bridgehead atoms. The van der Waals surface area contributed by atoms with Gasteiger partial charge in [-0.3, -0.25) is 0 Å². The van der Waals surface area contributed by atoms with Crippen LogP contribution in [0.3, 0.4) is 0 Å². The predicted octanol–water partition coefficient (Wildman–Crippen LogP) is 16.1. The molecule has 294 valence electrons. The maximum absolute atomic E-state index is 2.58. The molecule has 2 nitrogen and oxygen atoms in total. The summed E-state index contributed by atoms with van der Waals surface area (Å²) in [5.74, 6) is 0. The number of hydrogen-bond acceptors (Lipinski definition) is 2. The first-order valence-corrected chi connectivity index (χ1v) is 21.5. The molecule has 2 aliphatic carbocycles. The molecule has 0 radical (unpaired) electrons. The lowest BCUT2D eigenvalue weighted by molar-refractivity contribution is 0.531. The second-order valence-corrected chi connectivity index (χ2v) is 18.0. The van der Waals surface area contributed by atoms with Crippen LogP contribution in [0.5, 0.6) is 0 Å². The molecule has 0 N–H and O–H groups in total. The summed E-state index contributed by atoms with van der Waals surface area (Å²) in [4.78, 5) is 4.92. The van der Waals surface area contributed by atoms with Gasteiger partial charge < -0.3 is 9.80 Å². The van der Waals surface area contributed by atoms with Gasteiger partial charge in [0, 0.05) is 38.9 Å². The van der Waals surface area contributed by atoms with Crippen LogP contribution in [0.4, 0.5) is 34.1 Å². The van der Waals surface area contributed by atoms with Gasteiger partial charge >= 0.3 is 0 Å². The highest BCUT2D eigenvalue weighted by Gasteiger charge is 2.41. The molecule has 2 heteroatoms. The fourth-order valence-electron chi connectivity index (χ4n) is 10.2. The molecule has 0 fully saturated rings. The second-order valence-electron chi connectivity index (χ2n) is 18.0. The molecule has 0 spiro atoms. The summed E-state index contributed by atoms with van der Waals surface area (Å²) in [5, 5.41) is 5.16. The van der Waals surface area contributed by atoms with E-state index in [1.807, 2.05) is 0 Å². The Kier molecular flexibility index (Phi) is 9.14. The Morgan fingerprint density at radius 3 is 1.45 bits per heavy atom. The smallest absolute Gasteiger partial charge is 0.0543 e. The zero-order chi connectivity index (χ0) is 41.2. The third-order valence-electron chi connectivity index (χ3n) is 13.1. The highest BCUT2D eigenvalue weighted by molar-refractivity contribution is 6.10. The van der Waals surface area contributed by atoms with Gasteiger partial charge in [-0.15, -0.1) is 0 Å². The lowest BCUT2D eigenvalue weighted by atomic mass is 9.76. The van der Waals surface area contributed by atoms with Crippen LogP contribution < -0.4 is 9.80 Å². The molecule has 0 atom stereocenters. The van der Waals surface area contributed by atoms with Crippen molar-refractivity contribution in [3.05, 3.63) is 221 Å². The zero-order valence-electron chi connectivity index (χ0n) is 35.6. The minimum absolute atomic E-state index is 0.155. The van der Waals surface area contributed by atoms with Crippen LogP contribution in [0, 0.1) is 13.8 Å². The standard InChI is InChI=1S/C58H52N2/c1-39-19-17-25-43(35-39)59(41-21-9-7-10-22-41)54-37-52-46(45-27-13-14-28-47(45)54)31-32-51-50(33-34-57(52,3)4)56-49-30-16-15-29-48(49)55(38-53(56)58(51,5)6)60(42-23-11-8-12-24-42)44-26-18-20-40(2)36-44/h7-30,32-33,35-38H,31,34H2,1-6H3/b50-33+,51-32+. The van der Waals surface area contributed by atoms with E-state index in [1.54, 1.807) is 0 Å². The van der Waals surface area contributed by atoms with Crippen molar-refractivity contribution in [3.8, 4) is 0 Å². The average Bonchev–Trinajstić information content (AvgIpc) is 3.50. The molecule has 0 aliphatic heterocycles. The number of aryl methyl sites for hydroxylation is 2. The van der Waals surface area contributed by atoms with Crippen LogP contribution in [0.1, 0.15) is 67.5 Å². The van der Waals surface area contributed by atoms with Crippen LogP contribution in [-0.4, -0.2) is 0 Å². The quantitative estimate of drug-likeness (QED) is 0.166. The highest BCUT2D eigenvalue weighted by atomic mass is 15.1. The number of benzene rings is 8. The first-order valence-electron chi connectivity index (χ1n) is 21.5. The minimum Gasteiger partial charge on any atom is -0.310 e. The molecule has 0 unspecified atom stereocenters. The van der Waals surface area contributed by atoms with Gasteiger partial charge in [0.1, 0.15) is 0 Å². The Balaban J connectivity index is 1.18. The number of fused-ring (bicyclic) bond motifs is 8. The number of nitrogens with zero attached hydrogens (tertiary/aromatic N) is 2. The zero-order valence-corrected chi connectivity index (χ0v) is 35.6. The number of para-hydroxylation sites is 2. The maximum Gasteiger partial charge on any atom is 0.0543 e. The fraction of sp³-hybridized carbons (Fsp3) is 0.172. The van der Waals surface area contributed by atoms with Crippen molar-refractivity contribution in [3.63, 3.8) is 0 Å². The van der Waals surface area contributed by atoms with E-state index in [0.717, 1.165) is 24.2 Å². The van der Waals surface area contributed by atoms with Gasteiger partial charge in [0.05, 0.1) is 11.4 Å². The van der Waals surface area contributed by atoms with Gasteiger partial charge in [-0.1, -0.05) is 149 Å². The Hall–Kier alpha value is -6.64. The topological polar surface area (TPSA) is 6.48 Å². The van der Waals surface area contributed by atoms with Crippen LogP contribution in [0.2, 0.25) is 0 Å². The predicted molar refractivity (Wildman–Crippen MR) is 257 cm³/mol. The van der Waals surface area contributed by atoms with Crippen LogP contribution in [0.25, 0.3) is 27.1 Å². The maximum atomic E-state index is 2.58. The lowest BCUT2D eigenvalue weighted by Gasteiger charge is -2.33. The summed E-state index contributed by atoms with van der Waals surface area (Å²) < 4.78 is 0. The summed E-state index contributed by atoms with van der Waals surface area (Å²) >= 11 is 0. The molecule has 8 aromatic carbocycles. The van der Waals surface area contributed by atoms with E-state index in [2.05, 4.69) is 233 Å². The molecule has 8 aromatic rings. The summed E-state index contributed by atoms with van der Waals surface area (Å²) in [6, 6.07) is 62.7. The Labute approximate surface area is 355 Å². The molecule has 0 saturated carbocycles. The Morgan fingerprint density at radius 2 is 0.900 bits per heavy atom. The van der Waals surface area contributed by atoms with Crippen molar-refractivity contribution in [1.29, 1.82) is 0 Å². The Bertz CT molecular complexity index is 3000. The highest BCUT2D eigenvalue weighted by Crippen LogP contribution is 2.56. The minimum atomic E-state index is -0.228. The second kappa shape index (κ2) is 14.6. The summed E-state index contributed by atoms with van der Waals surface area (Å²) in [5.41, 5.74) is 17.6. The molecular formula is C58H52N2. The summed E-state index contributed by atoms with van der Waals surface area (Å²) in [6.07, 6.45) is 6.92. The monoisotopic (exact) mass is 776 g/mol. The van der Waals surface area contributed by atoms with Gasteiger partial charge in [0.2, 0.25) is 0 Å². The van der Waals surface area contributed by atoms with Crippen molar-refractivity contribution < 1.29 is 0 Å². The van der Waals surface area contributed by atoms with Crippen molar-refractivity contribution >= 4 is 61.2 Å². The first kappa shape index (κ1) is 37.6. The lowest BCUT2D eigenvalue weighted by Crippen LogP contribution is -2.20. The van der Waals surface area contributed by atoms with Crippen LogP contribution in [0.15, 0.2) is 188 Å². The van der Waals surface area contributed by atoms with Gasteiger partial charge in [-0.2, -0.15) is 0 Å². The van der Waals surface area contributed by atoms with Crippen molar-refractivity contribution in [1.82, 2.24) is 0 Å². The SMILES string of the molecule is Cc1cccc(N(c2ccccc2)c2cc3c(c4ccccc24)C/C=C2\C(=C/CC3(C)C)c3c(cc(N(c4ccccc4)c4cccc(C)c4)c4ccccc34)C2(C)C)c1. The van der Waals surface area contributed by atoms with Crippen molar-refractivity contribution in [2.45, 2.75) is 65.2 Å². The van der Waals surface area contributed by atoms with E-state index in [1.165, 1.54) is 88.8 Å². The average molecular weight is 777 g/mol. The molecule has 10 rings (SSSR count). The summed E-state index contributed by atoms with van der Waals surface area (Å²) in [6.45, 7) is 14.2. The van der Waals surface area contributed by atoms with Gasteiger partial charge in [0.25, 0.3) is 0 Å². The molecule has 60 heavy (non-hydrogen) atoms. The molecule has 0 amide bonds. The van der Waals surface area contributed by atoms with Crippen LogP contribution >= 0.6 is 0 Å². The number of rotatable bonds is 6. The van der Waals surface area contributed by atoms with E-state index in [9.17, 15) is 0 Å². The molecular weight excluding hydrogens is 725 g/mol. The normalized spacial score (nSPS) is 16.9. The first-order chi connectivity index (χ1) is 29.1. The van der Waals surface area contributed by atoms with E-state index >= 15 is 0 Å². The number of anilines is 6.